The maximum Gasteiger partial charge on any atom is 0.343 e. The summed E-state index contributed by atoms with van der Waals surface area (Å²) in [6, 6.07) is 2.05. The van der Waals surface area contributed by atoms with Crippen LogP contribution < -0.4 is 10.1 Å². The maximum atomic E-state index is 12.8. The van der Waals surface area contributed by atoms with Crippen molar-refractivity contribution in [3.63, 3.8) is 0 Å². The lowest BCUT2D eigenvalue weighted by atomic mass is 9.47. The molecule has 2 bridgehead atoms. The highest BCUT2D eigenvalue weighted by molar-refractivity contribution is 5.90. The van der Waals surface area contributed by atoms with Crippen molar-refractivity contribution in [3.05, 3.63) is 35.1 Å². The fraction of sp³-hybridized carbons (Fsp3) is 0.556. The summed E-state index contributed by atoms with van der Waals surface area (Å²) in [4.78, 5) is 48.1. The first-order chi connectivity index (χ1) is 18.8. The van der Waals surface area contributed by atoms with Gasteiger partial charge in [0.25, 0.3) is 5.91 Å². The molecule has 0 radical (unpaired) electrons. The van der Waals surface area contributed by atoms with Crippen LogP contribution in [-0.4, -0.2) is 85.4 Å². The number of aliphatic hydroxyl groups is 3. The van der Waals surface area contributed by atoms with E-state index in [1.54, 1.807) is 6.07 Å². The van der Waals surface area contributed by atoms with Gasteiger partial charge in [0.15, 0.2) is 35.9 Å². The van der Waals surface area contributed by atoms with Crippen LogP contribution in [0, 0.1) is 5.92 Å². The second kappa shape index (κ2) is 9.75. The quantitative estimate of drug-likeness (QED) is 0.223. The Morgan fingerprint density at radius 3 is 2.52 bits per heavy atom. The fourth-order valence-electron chi connectivity index (χ4n) is 6.66. The van der Waals surface area contributed by atoms with Crippen LogP contribution in [-0.2, 0) is 40.5 Å². The first-order valence-electron chi connectivity index (χ1n) is 13.1. The molecule has 1 heterocycles. The molecule has 6 N–H and O–H groups in total. The van der Waals surface area contributed by atoms with Crippen molar-refractivity contribution in [2.45, 2.75) is 87.4 Å². The molecule has 1 spiro atoms. The lowest BCUT2D eigenvalue weighted by molar-refractivity contribution is -0.179. The SMILES string of the molecule is C[C@H](NC(=O)[C@H](C)OC(=O)[C@H](O)[C@@H](O)C(=O)OC1=CC[C@@]2(O)[C@@H]3CCC[C@@]24c2c(ccc(O)c2O[C@@H]14)C3)C(=O)O. The number of esters is 2. The number of carboxylic acids is 1. The number of aliphatic carboxylic acids is 1. The number of benzene rings is 1. The van der Waals surface area contributed by atoms with E-state index in [1.165, 1.54) is 19.1 Å². The molecule has 13 heteroatoms. The van der Waals surface area contributed by atoms with Crippen molar-refractivity contribution in [2.75, 3.05) is 0 Å². The van der Waals surface area contributed by atoms with E-state index in [0.717, 1.165) is 25.3 Å². The Hall–Kier alpha value is -3.68. The molecule has 1 aromatic rings. The zero-order valence-electron chi connectivity index (χ0n) is 21.8. The van der Waals surface area contributed by atoms with E-state index in [2.05, 4.69) is 5.32 Å². The normalized spacial score (nSPS) is 30.4. The van der Waals surface area contributed by atoms with Crippen molar-refractivity contribution in [1.82, 2.24) is 5.32 Å². The third-order valence-corrected chi connectivity index (χ3v) is 8.66. The lowest BCUT2D eigenvalue weighted by Crippen LogP contribution is -2.67. The van der Waals surface area contributed by atoms with E-state index in [4.69, 9.17) is 19.3 Å². The number of hydrogen-bond acceptors (Lipinski definition) is 11. The van der Waals surface area contributed by atoms with Gasteiger partial charge in [0, 0.05) is 5.56 Å². The molecule has 216 valence electrons. The average Bonchev–Trinajstić information content (AvgIpc) is 3.25. The van der Waals surface area contributed by atoms with Gasteiger partial charge in [-0.2, -0.15) is 0 Å². The Balaban J connectivity index is 1.31. The first kappa shape index (κ1) is 27.9. The Morgan fingerprint density at radius 2 is 1.82 bits per heavy atom. The highest BCUT2D eigenvalue weighted by atomic mass is 16.6. The zero-order chi connectivity index (χ0) is 29.1. The topological polar surface area (TPSA) is 209 Å². The largest absolute Gasteiger partial charge is 0.504 e. The molecule has 5 rings (SSSR count). The Bertz CT molecular complexity index is 1310. The van der Waals surface area contributed by atoms with Gasteiger partial charge in [-0.05, 0) is 63.2 Å². The predicted octanol–water partition coefficient (Wildman–Crippen LogP) is -0.448. The Morgan fingerprint density at radius 1 is 1.12 bits per heavy atom. The molecule has 1 aliphatic heterocycles. The predicted molar refractivity (Wildman–Crippen MR) is 132 cm³/mol. The average molecular weight is 562 g/mol. The van der Waals surface area contributed by atoms with Crippen LogP contribution in [0.3, 0.4) is 0 Å². The summed E-state index contributed by atoms with van der Waals surface area (Å²) in [5.74, 6) is -5.23. The number of phenols is 1. The molecule has 0 unspecified atom stereocenters. The second-order valence-corrected chi connectivity index (χ2v) is 10.9. The molecule has 3 aliphatic carbocycles. The Kier molecular flexibility index (Phi) is 6.79. The van der Waals surface area contributed by atoms with Crippen molar-refractivity contribution >= 4 is 23.8 Å². The van der Waals surface area contributed by atoms with Gasteiger partial charge >= 0.3 is 17.9 Å². The molecule has 4 aliphatic rings. The van der Waals surface area contributed by atoms with Gasteiger partial charge in [-0.3, -0.25) is 9.59 Å². The molecule has 0 aromatic heterocycles. The minimum absolute atomic E-state index is 0.0335. The van der Waals surface area contributed by atoms with E-state index in [9.17, 15) is 39.6 Å². The summed E-state index contributed by atoms with van der Waals surface area (Å²) in [6.45, 7) is 2.31. The minimum Gasteiger partial charge on any atom is -0.504 e. The van der Waals surface area contributed by atoms with Crippen LogP contribution in [0.4, 0.5) is 0 Å². The van der Waals surface area contributed by atoms with Gasteiger partial charge in [0.2, 0.25) is 0 Å². The smallest absolute Gasteiger partial charge is 0.343 e. The third kappa shape index (κ3) is 4.02. The van der Waals surface area contributed by atoms with E-state index < -0.39 is 65.3 Å². The second-order valence-electron chi connectivity index (χ2n) is 10.9. The number of hydrogen-bond donors (Lipinski definition) is 6. The van der Waals surface area contributed by atoms with Gasteiger partial charge in [-0.15, -0.1) is 0 Å². The third-order valence-electron chi connectivity index (χ3n) is 8.66. The van der Waals surface area contributed by atoms with Gasteiger partial charge < -0.3 is 45.1 Å². The molecule has 40 heavy (non-hydrogen) atoms. The number of ether oxygens (including phenoxy) is 3. The number of carbonyl (C=O) groups excluding carboxylic acids is 3. The highest BCUT2D eigenvalue weighted by Crippen LogP contribution is 2.67. The van der Waals surface area contributed by atoms with Crippen molar-refractivity contribution in [3.8, 4) is 11.5 Å². The van der Waals surface area contributed by atoms with E-state index >= 15 is 0 Å². The molecule has 1 aromatic carbocycles. The van der Waals surface area contributed by atoms with Crippen LogP contribution in [0.1, 0.15) is 50.7 Å². The molecule has 1 fully saturated rings. The maximum absolute atomic E-state index is 12.8. The van der Waals surface area contributed by atoms with Crippen molar-refractivity contribution in [2.24, 2.45) is 5.92 Å². The van der Waals surface area contributed by atoms with Crippen LogP contribution >= 0.6 is 0 Å². The van der Waals surface area contributed by atoms with Crippen LogP contribution in [0.5, 0.6) is 11.5 Å². The first-order valence-corrected chi connectivity index (χ1v) is 13.1. The number of carbonyl (C=O) groups is 4. The molecule has 13 nitrogen and oxygen atoms in total. The molecule has 8 atom stereocenters. The lowest BCUT2D eigenvalue weighted by Gasteiger charge is -2.59. The number of aliphatic hydroxyl groups excluding tert-OH is 2. The zero-order valence-corrected chi connectivity index (χ0v) is 21.8. The highest BCUT2D eigenvalue weighted by Gasteiger charge is 2.71. The van der Waals surface area contributed by atoms with Gasteiger partial charge in [-0.25, -0.2) is 9.59 Å². The van der Waals surface area contributed by atoms with Crippen molar-refractivity contribution in [1.29, 1.82) is 0 Å². The summed E-state index contributed by atoms with van der Waals surface area (Å²) in [6.07, 6.45) is -3.09. The van der Waals surface area contributed by atoms with Crippen LogP contribution in [0.25, 0.3) is 0 Å². The summed E-state index contributed by atoms with van der Waals surface area (Å²) < 4.78 is 16.3. The van der Waals surface area contributed by atoms with Crippen LogP contribution in [0.15, 0.2) is 24.0 Å². The van der Waals surface area contributed by atoms with Gasteiger partial charge in [0.1, 0.15) is 11.8 Å². The minimum atomic E-state index is -2.43. The molecule has 1 saturated carbocycles. The van der Waals surface area contributed by atoms with E-state index in [0.29, 0.717) is 18.4 Å². The number of rotatable bonds is 8. The molecular weight excluding hydrogens is 530 g/mol. The number of nitrogens with one attached hydrogen (secondary N) is 1. The Labute approximate surface area is 228 Å². The monoisotopic (exact) mass is 561 g/mol. The fourth-order valence-corrected chi connectivity index (χ4v) is 6.66. The molecule has 0 saturated heterocycles. The summed E-state index contributed by atoms with van der Waals surface area (Å²) in [5, 5.41) is 54.1. The molecule has 1 amide bonds. The van der Waals surface area contributed by atoms with E-state index in [-0.39, 0.29) is 29.6 Å². The number of phenolic OH excluding ortho intramolecular Hbond substituents is 1. The van der Waals surface area contributed by atoms with Gasteiger partial charge in [-0.1, -0.05) is 12.5 Å². The summed E-state index contributed by atoms with van der Waals surface area (Å²) in [5.41, 5.74) is -0.591. The standard InChI is InChI=1S/C27H31NO12/c1-11(23(33)34)28-22(32)12(2)38-24(35)18(30)19(31)25(36)39-16-7-9-27(37)14-4-3-8-26(27)17-13(10-14)5-6-15(29)20(17)40-21(16)26/h5-7,11-12,14,18-19,21,29-31,37H,3-4,8-10H2,1-2H3,(H,28,32)(H,33,34)/t11-,12-,14+,18+,19+,21-,26-,27+/m0/s1. The van der Waals surface area contributed by atoms with Crippen molar-refractivity contribution < 1.29 is 58.9 Å². The van der Waals surface area contributed by atoms with Crippen LogP contribution in [0.2, 0.25) is 0 Å². The number of carboxylic acid groups (broad SMARTS) is 1. The number of amides is 1. The summed E-state index contributed by atoms with van der Waals surface area (Å²) in [7, 11) is 0. The van der Waals surface area contributed by atoms with E-state index in [1.807, 2.05) is 0 Å². The van der Waals surface area contributed by atoms with Gasteiger partial charge in [0.05, 0.1) is 11.0 Å². The number of aromatic hydroxyl groups is 1. The summed E-state index contributed by atoms with van der Waals surface area (Å²) >= 11 is 0. The molecular formula is C27H31NO12.